The Labute approximate surface area is 217 Å². The van der Waals surface area contributed by atoms with E-state index in [4.69, 9.17) is 16.3 Å². The van der Waals surface area contributed by atoms with E-state index in [9.17, 15) is 13.6 Å². The maximum Gasteiger partial charge on any atom is 0.312 e. The molecule has 1 N–H and O–H groups in total. The van der Waals surface area contributed by atoms with Crippen LogP contribution in [0.2, 0.25) is 5.02 Å². The lowest BCUT2D eigenvalue weighted by atomic mass is 9.71. The summed E-state index contributed by atoms with van der Waals surface area (Å²) in [5.74, 6) is -0.783. The highest BCUT2D eigenvalue weighted by molar-refractivity contribution is 7.13. The van der Waals surface area contributed by atoms with Gasteiger partial charge in [0.25, 0.3) is 0 Å². The fraction of sp³-hybridized carbons (Fsp3) is 0.423. The number of halogens is 3. The number of thiazole rings is 1. The van der Waals surface area contributed by atoms with Crippen molar-refractivity contribution in [3.05, 3.63) is 69.8 Å². The molecule has 2 fully saturated rings. The summed E-state index contributed by atoms with van der Waals surface area (Å²) in [6, 6.07) is 7.95. The van der Waals surface area contributed by atoms with Gasteiger partial charge in [-0.3, -0.25) is 9.69 Å². The van der Waals surface area contributed by atoms with Crippen molar-refractivity contribution in [2.24, 2.45) is 5.41 Å². The van der Waals surface area contributed by atoms with Crippen LogP contribution in [0.5, 0.6) is 0 Å². The van der Waals surface area contributed by atoms with Gasteiger partial charge in [-0.15, -0.1) is 11.3 Å². The van der Waals surface area contributed by atoms with Crippen LogP contribution in [0.1, 0.15) is 43.9 Å². The number of anilines is 2. The zero-order chi connectivity index (χ0) is 25.5. The van der Waals surface area contributed by atoms with Crippen LogP contribution < -0.4 is 5.32 Å². The molecule has 0 amide bonds. The average molecular weight is 533 g/mol. The number of methoxy groups -OCH3 is 1. The molecule has 1 saturated heterocycles. The molecule has 0 spiro atoms. The molecule has 1 saturated carbocycles. The van der Waals surface area contributed by atoms with Crippen molar-refractivity contribution in [3.63, 3.8) is 0 Å². The van der Waals surface area contributed by atoms with Crippen LogP contribution in [0.3, 0.4) is 0 Å². The third kappa shape index (κ3) is 4.48. The molecule has 1 aliphatic heterocycles. The largest absolute Gasteiger partial charge is 0.469 e. The maximum absolute atomic E-state index is 15.0. The molecule has 2 atom stereocenters. The number of nitrogens with zero attached hydrogens (tertiary/aromatic N) is 3. The van der Waals surface area contributed by atoms with Gasteiger partial charge in [-0.1, -0.05) is 23.7 Å². The van der Waals surface area contributed by atoms with Crippen LogP contribution in [0.25, 0.3) is 0 Å². The number of esters is 1. The molecular formula is C26H27ClF2N4O2S. The first-order valence-corrected chi connectivity index (χ1v) is 13.2. The van der Waals surface area contributed by atoms with E-state index >= 15 is 0 Å². The molecule has 190 valence electrons. The molecule has 2 aromatic heterocycles. The summed E-state index contributed by atoms with van der Waals surface area (Å²) in [5.41, 5.74) is -0.579. The highest BCUT2D eigenvalue weighted by Crippen LogP contribution is 2.56. The summed E-state index contributed by atoms with van der Waals surface area (Å²) in [5, 5.41) is 5.66. The van der Waals surface area contributed by atoms with E-state index < -0.39 is 16.8 Å². The lowest BCUT2D eigenvalue weighted by Crippen LogP contribution is -2.54. The zero-order valence-corrected chi connectivity index (χ0v) is 21.6. The van der Waals surface area contributed by atoms with Crippen molar-refractivity contribution in [3.8, 4) is 0 Å². The fourth-order valence-electron chi connectivity index (χ4n) is 5.69. The molecular weight excluding hydrogens is 506 g/mol. The maximum atomic E-state index is 15.0. The van der Waals surface area contributed by atoms with E-state index in [1.807, 2.05) is 12.3 Å². The van der Waals surface area contributed by atoms with Crippen molar-refractivity contribution >= 4 is 39.9 Å². The van der Waals surface area contributed by atoms with Crippen molar-refractivity contribution in [2.75, 3.05) is 19.0 Å². The minimum Gasteiger partial charge on any atom is -0.469 e. The number of ether oxygens (including phenoxy) is 1. The van der Waals surface area contributed by atoms with Crippen molar-refractivity contribution in [2.45, 2.75) is 50.6 Å². The minimum absolute atomic E-state index is 0.0709. The highest BCUT2D eigenvalue weighted by atomic mass is 35.5. The molecule has 1 aliphatic carbocycles. The van der Waals surface area contributed by atoms with Gasteiger partial charge in [0.1, 0.15) is 17.5 Å². The van der Waals surface area contributed by atoms with Gasteiger partial charge >= 0.3 is 5.97 Å². The first-order chi connectivity index (χ1) is 17.3. The Hall–Kier alpha value is -2.62. The van der Waals surface area contributed by atoms with E-state index in [2.05, 4.69) is 20.2 Å². The number of carbonyl (C=O) groups excluding carboxylic acids is 1. The van der Waals surface area contributed by atoms with Crippen molar-refractivity contribution in [1.29, 1.82) is 0 Å². The molecule has 0 radical (unpaired) electrons. The first kappa shape index (κ1) is 25.0. The summed E-state index contributed by atoms with van der Waals surface area (Å²) in [6.07, 6.45) is 4.30. The number of benzene rings is 1. The normalized spacial score (nSPS) is 23.3. The van der Waals surface area contributed by atoms with Crippen LogP contribution in [0.4, 0.5) is 19.7 Å². The quantitative estimate of drug-likeness (QED) is 0.371. The average Bonchev–Trinajstić information content (AvgIpc) is 3.49. The van der Waals surface area contributed by atoms with Crippen molar-refractivity contribution < 1.29 is 18.3 Å². The molecule has 36 heavy (non-hydrogen) atoms. The second-order valence-corrected chi connectivity index (χ2v) is 11.0. The van der Waals surface area contributed by atoms with Gasteiger partial charge in [0.2, 0.25) is 0 Å². The van der Waals surface area contributed by atoms with Gasteiger partial charge in [-0.25, -0.2) is 18.7 Å². The lowest BCUT2D eigenvalue weighted by Gasteiger charge is -2.47. The predicted molar refractivity (Wildman–Crippen MR) is 135 cm³/mol. The van der Waals surface area contributed by atoms with E-state index in [1.165, 1.54) is 24.5 Å². The molecule has 10 heteroatoms. The number of aromatic nitrogens is 2. The number of hydrogen-bond donors (Lipinski definition) is 1. The van der Waals surface area contributed by atoms with Gasteiger partial charge in [-0.05, 0) is 50.8 Å². The van der Waals surface area contributed by atoms with Crippen LogP contribution in [0, 0.1) is 17.0 Å². The predicted octanol–water partition coefficient (Wildman–Crippen LogP) is 6.09. The Balaban J connectivity index is 1.41. The van der Waals surface area contributed by atoms with E-state index in [0.717, 1.165) is 12.8 Å². The van der Waals surface area contributed by atoms with Gasteiger partial charge in [-0.2, -0.15) is 0 Å². The Morgan fingerprint density at radius 3 is 2.75 bits per heavy atom. The molecule has 5 rings (SSSR count). The number of nitrogens with one attached hydrogen (secondary N) is 1. The number of rotatable bonds is 7. The number of hydrogen-bond acceptors (Lipinski definition) is 7. The van der Waals surface area contributed by atoms with Crippen LogP contribution in [-0.4, -0.2) is 40.5 Å². The minimum atomic E-state index is -0.943. The molecule has 3 aromatic rings. The second kappa shape index (κ2) is 9.68. The highest BCUT2D eigenvalue weighted by Gasteiger charge is 2.56. The molecule has 2 aliphatic rings. The zero-order valence-electron chi connectivity index (χ0n) is 20.1. The smallest absolute Gasteiger partial charge is 0.312 e. The molecule has 0 bridgehead atoms. The summed E-state index contributed by atoms with van der Waals surface area (Å²) in [6.45, 7) is 2.57. The number of piperidine rings is 1. The number of carbonyl (C=O) groups is 1. The monoisotopic (exact) mass is 532 g/mol. The standard InChI is InChI=1S/C26H27ClF2N4O2S/c1-16-14-25(23(34)35-2,15-20-19(28)6-7-21(31-20)32-24-30-11-13-36-24)10-12-33(16)26(8-9-26)17-4-3-5-18(27)22(17)29/h3-7,11,13,16H,8-10,12,14-15H2,1-2H3,(H,30,31,32). The fourth-order valence-corrected chi connectivity index (χ4v) is 6.40. The van der Waals surface area contributed by atoms with E-state index in [-0.39, 0.29) is 35.0 Å². The summed E-state index contributed by atoms with van der Waals surface area (Å²) >= 11 is 7.49. The Bertz CT molecular complexity index is 1270. The van der Waals surface area contributed by atoms with Gasteiger partial charge in [0.05, 0.1) is 23.2 Å². The molecule has 1 aromatic carbocycles. The molecule has 6 nitrogen and oxygen atoms in total. The van der Waals surface area contributed by atoms with Crippen LogP contribution in [-0.2, 0) is 21.5 Å². The molecule has 3 heterocycles. The number of likely N-dealkylation sites (tertiary alicyclic amines) is 1. The van der Waals surface area contributed by atoms with Crippen LogP contribution in [0.15, 0.2) is 41.9 Å². The lowest BCUT2D eigenvalue weighted by molar-refractivity contribution is -0.158. The van der Waals surface area contributed by atoms with Gasteiger partial charge < -0.3 is 10.1 Å². The summed E-state index contributed by atoms with van der Waals surface area (Å²) < 4.78 is 35.1. The van der Waals surface area contributed by atoms with Crippen molar-refractivity contribution in [1.82, 2.24) is 14.9 Å². The SMILES string of the molecule is COC(=O)C1(Cc2nc(Nc3nccs3)ccc2F)CCN(C2(c3cccc(Cl)c3F)CC2)C(C)C1. The van der Waals surface area contributed by atoms with E-state index in [0.29, 0.717) is 35.9 Å². The third-order valence-corrected chi connectivity index (χ3v) is 8.47. The summed E-state index contributed by atoms with van der Waals surface area (Å²) in [4.78, 5) is 24.1. The first-order valence-electron chi connectivity index (χ1n) is 11.9. The second-order valence-electron chi connectivity index (χ2n) is 9.67. The third-order valence-electron chi connectivity index (χ3n) is 7.49. The topological polar surface area (TPSA) is 67.3 Å². The van der Waals surface area contributed by atoms with Crippen LogP contribution >= 0.6 is 22.9 Å². The molecule has 2 unspecified atom stereocenters. The summed E-state index contributed by atoms with van der Waals surface area (Å²) in [7, 11) is 1.36. The Morgan fingerprint density at radius 1 is 1.28 bits per heavy atom. The van der Waals surface area contributed by atoms with Gasteiger partial charge in [0, 0.05) is 41.7 Å². The van der Waals surface area contributed by atoms with Gasteiger partial charge in [0.15, 0.2) is 5.13 Å². The van der Waals surface area contributed by atoms with E-state index in [1.54, 1.807) is 30.5 Å². The Kier molecular flexibility index (Phi) is 6.74. The number of pyridine rings is 1. The Morgan fingerprint density at radius 2 is 2.08 bits per heavy atom.